The minimum Gasteiger partial charge on any atom is -0.450 e. The van der Waals surface area contributed by atoms with Crippen LogP contribution in [-0.2, 0) is 0 Å². The number of hydrogen-bond acceptors (Lipinski definition) is 3. The Morgan fingerprint density at radius 2 is 1.69 bits per heavy atom. The average Bonchev–Trinajstić information content (AvgIpc) is 3.02. The van der Waals surface area contributed by atoms with Crippen LogP contribution in [0.4, 0.5) is 5.69 Å². The van der Waals surface area contributed by atoms with E-state index in [0.29, 0.717) is 27.2 Å². The van der Waals surface area contributed by atoms with Crippen LogP contribution >= 0.6 is 11.6 Å². The lowest BCUT2D eigenvalue weighted by molar-refractivity contribution is 0.0971. The van der Waals surface area contributed by atoms with E-state index in [-0.39, 0.29) is 17.1 Å². The summed E-state index contributed by atoms with van der Waals surface area (Å²) in [6.45, 7) is 1.98. The molecule has 1 aromatic heterocycles. The predicted molar refractivity (Wildman–Crippen MR) is 114 cm³/mol. The molecule has 1 aliphatic rings. The van der Waals surface area contributed by atoms with E-state index >= 15 is 0 Å². The minimum absolute atomic E-state index is 0.0826. The van der Waals surface area contributed by atoms with Crippen LogP contribution < -0.4 is 10.3 Å². The van der Waals surface area contributed by atoms with Crippen LogP contribution in [0.1, 0.15) is 33.3 Å². The van der Waals surface area contributed by atoms with Crippen LogP contribution in [0.3, 0.4) is 0 Å². The van der Waals surface area contributed by atoms with E-state index in [4.69, 9.17) is 16.0 Å². The van der Waals surface area contributed by atoms with Crippen LogP contribution in [0.5, 0.6) is 0 Å². The summed E-state index contributed by atoms with van der Waals surface area (Å²) < 4.78 is 5.93. The first kappa shape index (κ1) is 17.7. The van der Waals surface area contributed by atoms with Gasteiger partial charge in [0.25, 0.3) is 5.91 Å². The van der Waals surface area contributed by atoms with Gasteiger partial charge in [-0.15, -0.1) is 0 Å². The molecule has 4 nitrogen and oxygen atoms in total. The Kier molecular flexibility index (Phi) is 4.03. The van der Waals surface area contributed by atoms with Gasteiger partial charge in [-0.2, -0.15) is 0 Å². The third-order valence-corrected chi connectivity index (χ3v) is 5.49. The van der Waals surface area contributed by atoms with Crippen LogP contribution in [0.15, 0.2) is 82.0 Å². The van der Waals surface area contributed by atoms with Crippen LogP contribution in [0.25, 0.3) is 11.0 Å². The Labute approximate surface area is 172 Å². The number of benzene rings is 3. The second kappa shape index (κ2) is 6.61. The lowest BCUT2D eigenvalue weighted by atomic mass is 9.98. The fraction of sp³-hybridized carbons (Fsp3) is 0.0833. The van der Waals surface area contributed by atoms with Gasteiger partial charge in [0.05, 0.1) is 17.0 Å². The maximum absolute atomic E-state index is 13.4. The highest BCUT2D eigenvalue weighted by Crippen LogP contribution is 2.41. The number of rotatable bonds is 2. The Morgan fingerprint density at radius 3 is 2.45 bits per heavy atom. The zero-order chi connectivity index (χ0) is 20.1. The molecule has 0 aliphatic carbocycles. The molecule has 29 heavy (non-hydrogen) atoms. The molecule has 0 N–H and O–H groups in total. The molecule has 0 radical (unpaired) electrons. The highest BCUT2D eigenvalue weighted by molar-refractivity contribution is 6.30. The van der Waals surface area contributed by atoms with Gasteiger partial charge in [-0.05, 0) is 48.9 Å². The molecule has 5 heteroatoms. The van der Waals surface area contributed by atoms with E-state index in [1.54, 1.807) is 41.3 Å². The van der Waals surface area contributed by atoms with Crippen molar-refractivity contribution in [3.63, 3.8) is 0 Å². The quantitative estimate of drug-likeness (QED) is 0.445. The van der Waals surface area contributed by atoms with Crippen molar-refractivity contribution < 1.29 is 9.21 Å². The first-order valence-corrected chi connectivity index (χ1v) is 9.64. The molecule has 3 aromatic carbocycles. The molecule has 1 amide bonds. The first-order valence-electron chi connectivity index (χ1n) is 9.26. The lowest BCUT2D eigenvalue weighted by Crippen LogP contribution is -2.29. The second-order valence-electron chi connectivity index (χ2n) is 7.14. The Hall–Kier alpha value is -3.37. The van der Waals surface area contributed by atoms with Crippen molar-refractivity contribution in [1.82, 2.24) is 0 Å². The molecule has 1 atom stereocenters. The smallest absolute Gasteiger partial charge is 0.295 e. The Bertz CT molecular complexity index is 1320. The topological polar surface area (TPSA) is 50.5 Å². The van der Waals surface area contributed by atoms with Gasteiger partial charge < -0.3 is 4.42 Å². The molecule has 0 saturated carbocycles. The third-order valence-electron chi connectivity index (χ3n) is 5.25. The monoisotopic (exact) mass is 401 g/mol. The van der Waals surface area contributed by atoms with Crippen LogP contribution in [0, 0.1) is 6.92 Å². The summed E-state index contributed by atoms with van der Waals surface area (Å²) in [6, 6.07) is 21.2. The molecule has 1 unspecified atom stereocenters. The van der Waals surface area contributed by atoms with E-state index in [1.165, 1.54) is 0 Å². The van der Waals surface area contributed by atoms with Crippen molar-refractivity contribution in [3.05, 3.63) is 110 Å². The maximum Gasteiger partial charge on any atom is 0.295 e. The summed E-state index contributed by atoms with van der Waals surface area (Å²) in [4.78, 5) is 28.4. The number of para-hydroxylation sites is 1. The standard InChI is InChI=1S/C24H16ClNO3/c1-14-9-11-17(12-10-14)26-21(15-5-4-6-16(25)13-15)20-22(27)18-7-2-3-8-19(18)29-23(20)24(26)28/h2-13,21H,1H3. The van der Waals surface area contributed by atoms with Gasteiger partial charge in [0, 0.05) is 10.7 Å². The summed E-state index contributed by atoms with van der Waals surface area (Å²) in [6.07, 6.45) is 0. The van der Waals surface area contributed by atoms with Gasteiger partial charge in [0.2, 0.25) is 5.76 Å². The normalized spacial score (nSPS) is 15.7. The number of nitrogens with zero attached hydrogens (tertiary/aromatic N) is 1. The highest BCUT2D eigenvalue weighted by Gasteiger charge is 2.43. The number of carbonyl (C=O) groups excluding carboxylic acids is 1. The summed E-state index contributed by atoms with van der Waals surface area (Å²) >= 11 is 6.23. The summed E-state index contributed by atoms with van der Waals surface area (Å²) in [5, 5.41) is 0.995. The fourth-order valence-electron chi connectivity index (χ4n) is 3.88. The van der Waals surface area contributed by atoms with Gasteiger partial charge in [-0.1, -0.05) is 53.6 Å². The van der Waals surface area contributed by atoms with Crippen LogP contribution in [-0.4, -0.2) is 5.91 Å². The van der Waals surface area contributed by atoms with E-state index < -0.39 is 6.04 Å². The van der Waals surface area contributed by atoms with Crippen molar-refractivity contribution in [2.24, 2.45) is 0 Å². The number of amides is 1. The summed E-state index contributed by atoms with van der Waals surface area (Å²) in [5.41, 5.74) is 3.08. The Balaban J connectivity index is 1.82. The zero-order valence-corrected chi connectivity index (χ0v) is 16.3. The van der Waals surface area contributed by atoms with Gasteiger partial charge in [-0.3, -0.25) is 14.5 Å². The number of aryl methyl sites for hydroxylation is 1. The summed E-state index contributed by atoms with van der Waals surface area (Å²) in [7, 11) is 0. The first-order chi connectivity index (χ1) is 14.0. The number of hydrogen-bond donors (Lipinski definition) is 0. The number of anilines is 1. The van der Waals surface area contributed by atoms with Gasteiger partial charge in [0.1, 0.15) is 5.58 Å². The van der Waals surface area contributed by atoms with E-state index in [2.05, 4.69) is 0 Å². The molecule has 0 bridgehead atoms. The summed E-state index contributed by atoms with van der Waals surface area (Å²) in [5.74, 6) is -0.254. The predicted octanol–water partition coefficient (Wildman–Crippen LogP) is 5.50. The Morgan fingerprint density at radius 1 is 0.931 bits per heavy atom. The van der Waals surface area contributed by atoms with Crippen LogP contribution in [0.2, 0.25) is 5.02 Å². The van der Waals surface area contributed by atoms with E-state index in [0.717, 1.165) is 11.1 Å². The van der Waals surface area contributed by atoms with Gasteiger partial charge in [-0.25, -0.2) is 0 Å². The second-order valence-corrected chi connectivity index (χ2v) is 7.57. The zero-order valence-electron chi connectivity index (χ0n) is 15.6. The highest BCUT2D eigenvalue weighted by atomic mass is 35.5. The van der Waals surface area contributed by atoms with Crippen molar-refractivity contribution in [2.75, 3.05) is 4.90 Å². The van der Waals surface area contributed by atoms with E-state index in [9.17, 15) is 9.59 Å². The third kappa shape index (κ3) is 2.76. The molecule has 5 rings (SSSR count). The molecular weight excluding hydrogens is 386 g/mol. The van der Waals surface area contributed by atoms with Crippen molar-refractivity contribution in [2.45, 2.75) is 13.0 Å². The number of carbonyl (C=O) groups is 1. The molecule has 0 saturated heterocycles. The molecule has 1 aliphatic heterocycles. The SMILES string of the molecule is Cc1ccc(N2C(=O)c3oc4ccccc4c(=O)c3C2c2cccc(Cl)c2)cc1. The molecule has 0 fully saturated rings. The van der Waals surface area contributed by atoms with Gasteiger partial charge in [0.15, 0.2) is 5.43 Å². The van der Waals surface area contributed by atoms with Crippen molar-refractivity contribution >= 4 is 34.2 Å². The largest absolute Gasteiger partial charge is 0.450 e. The maximum atomic E-state index is 13.4. The molecular formula is C24H16ClNO3. The van der Waals surface area contributed by atoms with E-state index in [1.807, 2.05) is 43.3 Å². The fourth-order valence-corrected chi connectivity index (χ4v) is 4.08. The number of halogens is 1. The van der Waals surface area contributed by atoms with Crippen molar-refractivity contribution in [3.8, 4) is 0 Å². The minimum atomic E-state index is -0.611. The average molecular weight is 402 g/mol. The molecule has 2 heterocycles. The molecule has 142 valence electrons. The number of fused-ring (bicyclic) bond motifs is 2. The lowest BCUT2D eigenvalue weighted by Gasteiger charge is -2.25. The molecule has 4 aromatic rings. The molecule has 0 spiro atoms. The van der Waals surface area contributed by atoms with Gasteiger partial charge >= 0.3 is 0 Å². The van der Waals surface area contributed by atoms with Crippen molar-refractivity contribution in [1.29, 1.82) is 0 Å².